The molecule has 0 radical (unpaired) electrons. The van der Waals surface area contributed by atoms with Crippen molar-refractivity contribution in [2.24, 2.45) is 4.99 Å². The number of benzene rings is 2. The van der Waals surface area contributed by atoms with E-state index in [0.29, 0.717) is 25.6 Å². The summed E-state index contributed by atoms with van der Waals surface area (Å²) < 4.78 is 0. The number of nitrogens with zero attached hydrogens (tertiary/aromatic N) is 2. The summed E-state index contributed by atoms with van der Waals surface area (Å²) in [6.45, 7) is 4.22. The molecule has 1 heterocycles. The van der Waals surface area contributed by atoms with Crippen LogP contribution in [0.25, 0.3) is 0 Å². The highest BCUT2D eigenvalue weighted by atomic mass is 127. The maximum atomic E-state index is 11.7. The first-order chi connectivity index (χ1) is 14.7. The molecule has 0 atom stereocenters. The van der Waals surface area contributed by atoms with Gasteiger partial charge in [0.1, 0.15) is 0 Å². The highest BCUT2D eigenvalue weighted by molar-refractivity contribution is 14.0. The SMILES string of the molecule is CCNC(=NCCC(c1ccccc1)c1ccccc1)NCCN1C(=O)CNC1=O.I. The molecular formula is C23H30IN5O2. The Morgan fingerprint density at radius 1 is 1.03 bits per heavy atom. The third-order valence-electron chi connectivity index (χ3n) is 5.00. The second-order valence-corrected chi connectivity index (χ2v) is 7.05. The Morgan fingerprint density at radius 2 is 1.65 bits per heavy atom. The molecule has 1 aliphatic rings. The Balaban J connectivity index is 0.00000341. The molecule has 0 bridgehead atoms. The van der Waals surface area contributed by atoms with Gasteiger partial charge in [-0.2, -0.15) is 0 Å². The third-order valence-corrected chi connectivity index (χ3v) is 5.00. The molecule has 166 valence electrons. The van der Waals surface area contributed by atoms with Crippen molar-refractivity contribution in [3.8, 4) is 0 Å². The molecule has 0 aromatic heterocycles. The normalized spacial score (nSPS) is 13.7. The van der Waals surface area contributed by atoms with Crippen molar-refractivity contribution in [1.82, 2.24) is 20.9 Å². The predicted molar refractivity (Wildman–Crippen MR) is 134 cm³/mol. The Bertz CT molecular complexity index is 805. The average Bonchev–Trinajstić information content (AvgIpc) is 3.10. The van der Waals surface area contributed by atoms with Gasteiger partial charge in [-0.1, -0.05) is 60.7 Å². The fraction of sp³-hybridized carbons (Fsp3) is 0.348. The summed E-state index contributed by atoms with van der Waals surface area (Å²) in [4.78, 5) is 29.2. The zero-order valence-corrected chi connectivity index (χ0v) is 20.0. The number of hydrogen-bond acceptors (Lipinski definition) is 3. The smallest absolute Gasteiger partial charge is 0.324 e. The van der Waals surface area contributed by atoms with Crippen LogP contribution in [-0.2, 0) is 4.79 Å². The van der Waals surface area contributed by atoms with E-state index in [9.17, 15) is 9.59 Å². The molecule has 7 nitrogen and oxygen atoms in total. The molecule has 0 unspecified atom stereocenters. The minimum absolute atomic E-state index is 0. The van der Waals surface area contributed by atoms with E-state index in [1.165, 1.54) is 16.0 Å². The number of nitrogens with one attached hydrogen (secondary N) is 3. The summed E-state index contributed by atoms with van der Waals surface area (Å²) >= 11 is 0. The van der Waals surface area contributed by atoms with Gasteiger partial charge in [-0.3, -0.25) is 14.7 Å². The number of hydrogen-bond donors (Lipinski definition) is 3. The van der Waals surface area contributed by atoms with Crippen LogP contribution < -0.4 is 16.0 Å². The summed E-state index contributed by atoms with van der Waals surface area (Å²) in [7, 11) is 0. The van der Waals surface area contributed by atoms with Gasteiger partial charge in [-0.15, -0.1) is 24.0 Å². The zero-order valence-electron chi connectivity index (χ0n) is 17.7. The number of halogens is 1. The molecule has 3 rings (SSSR count). The molecule has 0 saturated carbocycles. The van der Waals surface area contributed by atoms with E-state index in [4.69, 9.17) is 4.99 Å². The predicted octanol–water partition coefficient (Wildman–Crippen LogP) is 2.93. The van der Waals surface area contributed by atoms with Crippen LogP contribution in [0, 0.1) is 0 Å². The van der Waals surface area contributed by atoms with Crippen LogP contribution in [0.5, 0.6) is 0 Å². The summed E-state index contributed by atoms with van der Waals surface area (Å²) in [5.74, 6) is 0.756. The Kier molecular flexibility index (Phi) is 10.3. The topological polar surface area (TPSA) is 85.8 Å². The van der Waals surface area contributed by atoms with Crippen molar-refractivity contribution in [3.05, 3.63) is 71.8 Å². The summed E-state index contributed by atoms with van der Waals surface area (Å²) in [6, 6.07) is 20.6. The molecule has 1 saturated heterocycles. The van der Waals surface area contributed by atoms with Gasteiger partial charge in [0, 0.05) is 32.1 Å². The number of aliphatic imine (C=N–C) groups is 1. The Hall–Kier alpha value is -2.62. The number of guanidine groups is 1. The van der Waals surface area contributed by atoms with E-state index in [1.807, 2.05) is 19.1 Å². The first-order valence-electron chi connectivity index (χ1n) is 10.4. The van der Waals surface area contributed by atoms with Crippen molar-refractivity contribution in [2.45, 2.75) is 19.3 Å². The molecule has 2 aromatic carbocycles. The minimum Gasteiger partial charge on any atom is -0.357 e. The second kappa shape index (κ2) is 12.9. The van der Waals surface area contributed by atoms with E-state index >= 15 is 0 Å². The molecule has 0 aliphatic carbocycles. The van der Waals surface area contributed by atoms with E-state index in [0.717, 1.165) is 13.0 Å². The van der Waals surface area contributed by atoms with Crippen LogP contribution in [0.15, 0.2) is 65.7 Å². The lowest BCUT2D eigenvalue weighted by Gasteiger charge is -2.18. The lowest BCUT2D eigenvalue weighted by Crippen LogP contribution is -2.43. The lowest BCUT2D eigenvalue weighted by atomic mass is 9.89. The first-order valence-corrected chi connectivity index (χ1v) is 10.4. The average molecular weight is 535 g/mol. The molecule has 8 heteroatoms. The number of imide groups is 1. The van der Waals surface area contributed by atoms with Gasteiger partial charge in [-0.25, -0.2) is 4.79 Å². The van der Waals surface area contributed by atoms with Crippen LogP contribution >= 0.6 is 24.0 Å². The maximum Gasteiger partial charge on any atom is 0.324 e. The van der Waals surface area contributed by atoms with E-state index in [1.54, 1.807) is 0 Å². The van der Waals surface area contributed by atoms with Crippen molar-refractivity contribution in [3.63, 3.8) is 0 Å². The number of amides is 3. The molecule has 2 aromatic rings. The molecule has 1 aliphatic heterocycles. The maximum absolute atomic E-state index is 11.7. The third kappa shape index (κ3) is 7.23. The van der Waals surface area contributed by atoms with Gasteiger partial charge < -0.3 is 16.0 Å². The summed E-state index contributed by atoms with van der Waals surface area (Å²) in [6.07, 6.45) is 0.873. The van der Waals surface area contributed by atoms with E-state index in [2.05, 4.69) is 64.5 Å². The molecular weight excluding hydrogens is 505 g/mol. The van der Waals surface area contributed by atoms with Crippen molar-refractivity contribution in [1.29, 1.82) is 0 Å². The van der Waals surface area contributed by atoms with Crippen molar-refractivity contribution < 1.29 is 9.59 Å². The number of carbonyl (C=O) groups is 2. The minimum atomic E-state index is -0.336. The van der Waals surface area contributed by atoms with Crippen LogP contribution in [0.1, 0.15) is 30.4 Å². The molecule has 3 amide bonds. The zero-order chi connectivity index (χ0) is 21.2. The quantitative estimate of drug-likeness (QED) is 0.200. The number of urea groups is 1. The highest BCUT2D eigenvalue weighted by Gasteiger charge is 2.27. The van der Waals surface area contributed by atoms with Gasteiger partial charge >= 0.3 is 6.03 Å². The fourth-order valence-corrected chi connectivity index (χ4v) is 3.51. The van der Waals surface area contributed by atoms with Gasteiger partial charge in [0.2, 0.25) is 5.91 Å². The Labute approximate surface area is 200 Å². The molecule has 1 fully saturated rings. The van der Waals surface area contributed by atoms with Crippen LogP contribution in [0.3, 0.4) is 0 Å². The largest absolute Gasteiger partial charge is 0.357 e. The highest BCUT2D eigenvalue weighted by Crippen LogP contribution is 2.27. The van der Waals surface area contributed by atoms with Gasteiger partial charge in [0.25, 0.3) is 0 Å². The van der Waals surface area contributed by atoms with Crippen molar-refractivity contribution in [2.75, 3.05) is 32.7 Å². The van der Waals surface area contributed by atoms with Crippen LogP contribution in [0.2, 0.25) is 0 Å². The second-order valence-electron chi connectivity index (χ2n) is 7.05. The molecule has 31 heavy (non-hydrogen) atoms. The standard InChI is InChI=1S/C23H29N5O2.HI/c1-2-24-22(26-15-16-28-21(29)17-27-23(28)30)25-14-13-20(18-9-5-3-6-10-18)19-11-7-4-8-12-19;/h3-12,20H,2,13-17H2,1H3,(H,27,30)(H2,24,25,26);1H. The van der Waals surface area contributed by atoms with Crippen LogP contribution in [0.4, 0.5) is 4.79 Å². The van der Waals surface area contributed by atoms with E-state index < -0.39 is 0 Å². The van der Waals surface area contributed by atoms with Gasteiger partial charge in [0.05, 0.1) is 6.54 Å². The van der Waals surface area contributed by atoms with E-state index in [-0.39, 0.29) is 48.4 Å². The fourth-order valence-electron chi connectivity index (χ4n) is 3.51. The monoisotopic (exact) mass is 535 g/mol. The summed E-state index contributed by atoms with van der Waals surface area (Å²) in [5, 5.41) is 8.95. The van der Waals surface area contributed by atoms with Gasteiger partial charge in [0.15, 0.2) is 5.96 Å². The first kappa shape index (κ1) is 24.6. The molecule has 3 N–H and O–H groups in total. The van der Waals surface area contributed by atoms with Crippen molar-refractivity contribution >= 4 is 41.9 Å². The van der Waals surface area contributed by atoms with Crippen LogP contribution in [-0.4, -0.2) is 55.5 Å². The molecule has 0 spiro atoms. The lowest BCUT2D eigenvalue weighted by molar-refractivity contribution is -0.124. The number of rotatable bonds is 9. The van der Waals surface area contributed by atoms with Gasteiger partial charge in [-0.05, 0) is 24.5 Å². The Morgan fingerprint density at radius 3 is 2.16 bits per heavy atom. The summed E-state index contributed by atoms with van der Waals surface area (Å²) in [5.41, 5.74) is 2.55. The number of carbonyl (C=O) groups excluding carboxylic acids is 2.